The molecule has 0 saturated carbocycles. The van der Waals surface area contributed by atoms with E-state index >= 15 is 0 Å². The summed E-state index contributed by atoms with van der Waals surface area (Å²) in [5, 5.41) is 2.81. The van der Waals surface area contributed by atoms with Crippen molar-refractivity contribution in [3.63, 3.8) is 0 Å². The summed E-state index contributed by atoms with van der Waals surface area (Å²) in [7, 11) is 0. The van der Waals surface area contributed by atoms with Crippen LogP contribution in [0.2, 0.25) is 0 Å². The van der Waals surface area contributed by atoms with Gasteiger partial charge in [-0.15, -0.1) is 0 Å². The van der Waals surface area contributed by atoms with Crippen molar-refractivity contribution >= 4 is 33.3 Å². The van der Waals surface area contributed by atoms with E-state index in [1.807, 2.05) is 6.92 Å². The van der Waals surface area contributed by atoms with Gasteiger partial charge in [-0.2, -0.15) is 0 Å². The molecule has 1 aliphatic rings. The molecule has 0 radical (unpaired) electrons. The molecule has 1 aromatic rings. The van der Waals surface area contributed by atoms with Gasteiger partial charge in [0.2, 0.25) is 0 Å². The summed E-state index contributed by atoms with van der Waals surface area (Å²) in [6.07, 6.45) is 2.10. The van der Waals surface area contributed by atoms with Crippen LogP contribution in [0.4, 0.5) is 5.69 Å². The highest BCUT2D eigenvalue weighted by Gasteiger charge is 2.23. The first-order valence-electron chi connectivity index (χ1n) is 6.82. The second-order valence-electron chi connectivity index (χ2n) is 4.81. The van der Waals surface area contributed by atoms with Gasteiger partial charge in [-0.1, -0.05) is 22.9 Å². The van der Waals surface area contributed by atoms with E-state index in [-0.39, 0.29) is 22.6 Å². The summed E-state index contributed by atoms with van der Waals surface area (Å²) >= 11 is 3.35. The zero-order valence-electron chi connectivity index (χ0n) is 11.4. The van der Waals surface area contributed by atoms with Crippen LogP contribution in [0.1, 0.15) is 36.5 Å². The van der Waals surface area contributed by atoms with Crippen molar-refractivity contribution in [3.8, 4) is 0 Å². The molecule has 1 N–H and O–H groups in total. The van der Waals surface area contributed by atoms with Crippen molar-refractivity contribution in [3.05, 3.63) is 29.8 Å². The van der Waals surface area contributed by atoms with E-state index in [1.165, 1.54) is 0 Å². The number of amides is 1. The lowest BCUT2D eigenvalue weighted by atomic mass is 10.1. The molecular formula is C15H18BrNO3. The molecule has 0 aromatic heterocycles. The number of halogens is 1. The van der Waals surface area contributed by atoms with Crippen LogP contribution in [0.15, 0.2) is 24.3 Å². The summed E-state index contributed by atoms with van der Waals surface area (Å²) in [4.78, 5) is 23.7. The van der Waals surface area contributed by atoms with E-state index in [1.54, 1.807) is 24.3 Å². The standard InChI is InChI=1S/C15H18BrNO3/c1-2-12(16)14(18)10-5-7-11(8-6-10)17-15(19)13-4-3-9-20-13/h5-8,12-13H,2-4,9H2,1H3,(H,17,19). The minimum Gasteiger partial charge on any atom is -0.368 e. The maximum Gasteiger partial charge on any atom is 0.253 e. The van der Waals surface area contributed by atoms with Crippen molar-refractivity contribution in [2.24, 2.45) is 0 Å². The molecule has 0 aliphatic carbocycles. The molecule has 0 spiro atoms. The summed E-state index contributed by atoms with van der Waals surface area (Å²) in [5.41, 5.74) is 1.33. The van der Waals surface area contributed by atoms with E-state index in [9.17, 15) is 9.59 Å². The van der Waals surface area contributed by atoms with Crippen LogP contribution >= 0.6 is 15.9 Å². The van der Waals surface area contributed by atoms with Crippen LogP contribution in [-0.2, 0) is 9.53 Å². The Hall–Kier alpha value is -1.20. The third-order valence-corrected chi connectivity index (χ3v) is 4.37. The zero-order valence-corrected chi connectivity index (χ0v) is 13.0. The molecular weight excluding hydrogens is 322 g/mol. The van der Waals surface area contributed by atoms with Crippen LogP contribution in [0, 0.1) is 0 Å². The number of hydrogen-bond donors (Lipinski definition) is 1. The van der Waals surface area contributed by atoms with E-state index < -0.39 is 0 Å². The van der Waals surface area contributed by atoms with Gasteiger partial charge in [0, 0.05) is 17.9 Å². The molecule has 1 saturated heterocycles. The quantitative estimate of drug-likeness (QED) is 0.662. The third kappa shape index (κ3) is 3.67. The summed E-state index contributed by atoms with van der Waals surface area (Å²) < 4.78 is 5.32. The predicted octanol–water partition coefficient (Wildman–Crippen LogP) is 3.16. The van der Waals surface area contributed by atoms with Crippen molar-refractivity contribution in [2.75, 3.05) is 11.9 Å². The molecule has 5 heteroatoms. The number of benzene rings is 1. The van der Waals surface area contributed by atoms with Gasteiger partial charge in [0.15, 0.2) is 5.78 Å². The van der Waals surface area contributed by atoms with Crippen molar-refractivity contribution < 1.29 is 14.3 Å². The van der Waals surface area contributed by atoms with E-state index in [2.05, 4.69) is 21.2 Å². The highest BCUT2D eigenvalue weighted by Crippen LogP contribution is 2.18. The highest BCUT2D eigenvalue weighted by molar-refractivity contribution is 9.10. The van der Waals surface area contributed by atoms with Crippen molar-refractivity contribution in [1.29, 1.82) is 0 Å². The van der Waals surface area contributed by atoms with Gasteiger partial charge in [0.05, 0.1) is 4.83 Å². The van der Waals surface area contributed by atoms with Crippen LogP contribution in [-0.4, -0.2) is 29.2 Å². The van der Waals surface area contributed by atoms with Gasteiger partial charge in [-0.25, -0.2) is 0 Å². The Balaban J connectivity index is 1.97. The first-order valence-corrected chi connectivity index (χ1v) is 7.74. The molecule has 1 amide bonds. The molecule has 20 heavy (non-hydrogen) atoms. The SMILES string of the molecule is CCC(Br)C(=O)c1ccc(NC(=O)C2CCCO2)cc1. The first-order chi connectivity index (χ1) is 9.61. The lowest BCUT2D eigenvalue weighted by Gasteiger charge is -2.11. The van der Waals surface area contributed by atoms with Crippen LogP contribution in [0.3, 0.4) is 0 Å². The fourth-order valence-corrected chi connectivity index (χ4v) is 2.36. The van der Waals surface area contributed by atoms with Gasteiger partial charge in [-0.05, 0) is 43.5 Å². The van der Waals surface area contributed by atoms with Gasteiger partial charge in [0.25, 0.3) is 5.91 Å². The molecule has 0 bridgehead atoms. The lowest BCUT2D eigenvalue weighted by molar-refractivity contribution is -0.124. The number of rotatable bonds is 5. The summed E-state index contributed by atoms with van der Waals surface area (Å²) in [5.74, 6) is -0.0574. The van der Waals surface area contributed by atoms with E-state index in [4.69, 9.17) is 4.74 Å². The zero-order chi connectivity index (χ0) is 14.5. The topological polar surface area (TPSA) is 55.4 Å². The second kappa shape index (κ2) is 6.99. The number of carbonyl (C=O) groups excluding carboxylic acids is 2. The number of carbonyl (C=O) groups is 2. The summed E-state index contributed by atoms with van der Waals surface area (Å²) in [6.45, 7) is 2.60. The Morgan fingerprint density at radius 2 is 2.10 bits per heavy atom. The van der Waals surface area contributed by atoms with Gasteiger partial charge in [0.1, 0.15) is 6.10 Å². The minimum atomic E-state index is -0.344. The largest absolute Gasteiger partial charge is 0.368 e. The molecule has 108 valence electrons. The molecule has 1 aliphatic heterocycles. The number of nitrogens with one attached hydrogen (secondary N) is 1. The third-order valence-electron chi connectivity index (χ3n) is 3.30. The number of anilines is 1. The van der Waals surface area contributed by atoms with Crippen LogP contribution in [0.25, 0.3) is 0 Å². The minimum absolute atomic E-state index is 0.0597. The number of alkyl halides is 1. The average Bonchev–Trinajstić information content (AvgIpc) is 3.01. The first kappa shape index (κ1) is 15.2. The molecule has 2 unspecified atom stereocenters. The Labute approximate surface area is 127 Å². The number of hydrogen-bond acceptors (Lipinski definition) is 3. The van der Waals surface area contributed by atoms with E-state index in [0.29, 0.717) is 17.9 Å². The number of ether oxygens (including phenoxy) is 1. The Morgan fingerprint density at radius 3 is 2.65 bits per heavy atom. The maximum atomic E-state index is 12.0. The average molecular weight is 340 g/mol. The fourth-order valence-electron chi connectivity index (χ4n) is 2.09. The fraction of sp³-hybridized carbons (Fsp3) is 0.467. The monoisotopic (exact) mass is 339 g/mol. The van der Waals surface area contributed by atoms with E-state index in [0.717, 1.165) is 19.3 Å². The predicted molar refractivity (Wildman–Crippen MR) is 81.4 cm³/mol. The maximum absolute atomic E-state index is 12.0. The van der Waals surface area contributed by atoms with Gasteiger partial charge in [-0.3, -0.25) is 9.59 Å². The number of Topliss-reactive ketones (excluding diaryl/α,β-unsaturated/α-hetero) is 1. The Kier molecular flexibility index (Phi) is 5.31. The second-order valence-corrected chi connectivity index (χ2v) is 5.91. The highest BCUT2D eigenvalue weighted by atomic mass is 79.9. The molecule has 1 fully saturated rings. The van der Waals surface area contributed by atoms with Crippen LogP contribution < -0.4 is 5.32 Å². The summed E-state index contributed by atoms with van der Waals surface area (Å²) in [6, 6.07) is 6.96. The molecule has 4 nitrogen and oxygen atoms in total. The van der Waals surface area contributed by atoms with Crippen LogP contribution in [0.5, 0.6) is 0 Å². The molecule has 2 rings (SSSR count). The molecule has 1 heterocycles. The lowest BCUT2D eigenvalue weighted by Crippen LogP contribution is -2.26. The van der Waals surface area contributed by atoms with Gasteiger partial charge < -0.3 is 10.1 Å². The molecule has 2 atom stereocenters. The number of ketones is 1. The normalized spacial score (nSPS) is 19.6. The van der Waals surface area contributed by atoms with Gasteiger partial charge >= 0.3 is 0 Å². The Morgan fingerprint density at radius 1 is 1.40 bits per heavy atom. The van der Waals surface area contributed by atoms with Crippen molar-refractivity contribution in [1.82, 2.24) is 0 Å². The van der Waals surface area contributed by atoms with Crippen molar-refractivity contribution in [2.45, 2.75) is 37.1 Å². The Bertz CT molecular complexity index is 480. The molecule has 1 aromatic carbocycles. The smallest absolute Gasteiger partial charge is 0.253 e.